The minimum absolute atomic E-state index is 0. The second-order valence-electron chi connectivity index (χ2n) is 2.97. The van der Waals surface area contributed by atoms with Crippen molar-refractivity contribution in [3.8, 4) is 5.75 Å². The molecule has 0 fully saturated rings. The van der Waals surface area contributed by atoms with Crippen molar-refractivity contribution in [2.45, 2.75) is 12.5 Å². The molecule has 0 saturated heterocycles. The Morgan fingerprint density at radius 1 is 1.53 bits per heavy atom. The normalized spacial score (nSPS) is 11.7. The Morgan fingerprint density at radius 3 is 2.73 bits per heavy atom. The van der Waals surface area contributed by atoms with E-state index in [4.69, 9.17) is 10.5 Å². The van der Waals surface area contributed by atoms with E-state index in [2.05, 4.69) is 15.9 Å². The van der Waals surface area contributed by atoms with E-state index in [-0.39, 0.29) is 18.4 Å². The van der Waals surface area contributed by atoms with Crippen molar-refractivity contribution < 1.29 is 9.13 Å². The fraction of sp³-hybridized carbons (Fsp3) is 0.400. The summed E-state index contributed by atoms with van der Waals surface area (Å²) in [6.45, 7) is -0.416. The second-order valence-corrected chi connectivity index (χ2v) is 3.89. The van der Waals surface area contributed by atoms with E-state index < -0.39 is 6.67 Å². The number of hydrogen-bond acceptors (Lipinski definition) is 2. The first-order valence-electron chi connectivity index (χ1n) is 4.34. The van der Waals surface area contributed by atoms with Gasteiger partial charge in [0.1, 0.15) is 5.75 Å². The minimum atomic E-state index is -0.416. The quantitative estimate of drug-likeness (QED) is 0.926. The summed E-state index contributed by atoms with van der Waals surface area (Å²) in [6, 6.07) is 5.25. The number of halogens is 3. The van der Waals surface area contributed by atoms with Crippen LogP contribution in [0.15, 0.2) is 22.7 Å². The molecular formula is C10H14BrClFNO. The molecule has 0 aliphatic heterocycles. The standard InChI is InChI=1S/C10H13BrFNO.ClH/c1-14-10-6-7(11)2-3-8(10)9(13)4-5-12;/h2-3,6,9H,4-5,13H2,1H3;1H/t9-;/m1./s1. The molecule has 1 aromatic carbocycles. The average Bonchev–Trinajstić information content (AvgIpc) is 2.17. The van der Waals surface area contributed by atoms with Gasteiger partial charge in [0.15, 0.2) is 0 Å². The van der Waals surface area contributed by atoms with E-state index in [1.807, 2.05) is 18.2 Å². The third-order valence-electron chi connectivity index (χ3n) is 2.02. The van der Waals surface area contributed by atoms with Crippen LogP contribution in [-0.4, -0.2) is 13.8 Å². The summed E-state index contributed by atoms with van der Waals surface area (Å²) in [5, 5.41) is 0. The Morgan fingerprint density at radius 2 is 2.20 bits per heavy atom. The Balaban J connectivity index is 0.00000196. The largest absolute Gasteiger partial charge is 0.496 e. The van der Waals surface area contributed by atoms with Crippen LogP contribution in [0.2, 0.25) is 0 Å². The summed E-state index contributed by atoms with van der Waals surface area (Å²) in [5.74, 6) is 0.695. The summed E-state index contributed by atoms with van der Waals surface area (Å²) in [5.41, 5.74) is 6.64. The van der Waals surface area contributed by atoms with Crippen LogP contribution < -0.4 is 10.5 Å². The lowest BCUT2D eigenvalue weighted by Crippen LogP contribution is -2.12. The van der Waals surface area contributed by atoms with Gasteiger partial charge in [0.05, 0.1) is 13.8 Å². The average molecular weight is 299 g/mol. The second kappa shape index (κ2) is 7.04. The van der Waals surface area contributed by atoms with E-state index in [1.54, 1.807) is 7.11 Å². The molecule has 0 unspecified atom stereocenters. The van der Waals surface area contributed by atoms with Crippen LogP contribution >= 0.6 is 28.3 Å². The molecule has 1 atom stereocenters. The lowest BCUT2D eigenvalue weighted by molar-refractivity contribution is 0.395. The van der Waals surface area contributed by atoms with E-state index in [9.17, 15) is 4.39 Å². The van der Waals surface area contributed by atoms with Crippen molar-refractivity contribution in [1.29, 1.82) is 0 Å². The molecule has 2 nitrogen and oxygen atoms in total. The first-order valence-corrected chi connectivity index (χ1v) is 5.13. The van der Waals surface area contributed by atoms with Gasteiger partial charge < -0.3 is 10.5 Å². The van der Waals surface area contributed by atoms with Gasteiger partial charge in [-0.25, -0.2) is 0 Å². The van der Waals surface area contributed by atoms with Crippen LogP contribution in [0.25, 0.3) is 0 Å². The summed E-state index contributed by atoms with van der Waals surface area (Å²) < 4.78 is 18.2. The van der Waals surface area contributed by atoms with Gasteiger partial charge in [0.2, 0.25) is 0 Å². The highest BCUT2D eigenvalue weighted by molar-refractivity contribution is 9.10. The Labute approximate surface area is 104 Å². The van der Waals surface area contributed by atoms with E-state index >= 15 is 0 Å². The zero-order chi connectivity index (χ0) is 10.6. The van der Waals surface area contributed by atoms with E-state index in [0.717, 1.165) is 10.0 Å². The number of ether oxygens (including phenoxy) is 1. The molecule has 1 aromatic rings. The van der Waals surface area contributed by atoms with E-state index in [1.165, 1.54) is 0 Å². The number of hydrogen-bond donors (Lipinski definition) is 1. The Kier molecular flexibility index (Phi) is 6.89. The topological polar surface area (TPSA) is 35.2 Å². The van der Waals surface area contributed by atoms with Gasteiger partial charge in [-0.15, -0.1) is 12.4 Å². The lowest BCUT2D eigenvalue weighted by Gasteiger charge is -2.14. The molecule has 15 heavy (non-hydrogen) atoms. The molecule has 0 aliphatic carbocycles. The third-order valence-corrected chi connectivity index (χ3v) is 2.51. The first-order chi connectivity index (χ1) is 6.69. The zero-order valence-corrected chi connectivity index (χ0v) is 10.8. The SMILES string of the molecule is COc1cc(Br)ccc1[C@H](N)CCF.Cl. The van der Waals surface area contributed by atoms with Gasteiger partial charge in [-0.05, 0) is 18.6 Å². The predicted octanol–water partition coefficient (Wildman–Crippen LogP) is 3.24. The summed E-state index contributed by atoms with van der Waals surface area (Å²) >= 11 is 3.33. The van der Waals surface area contributed by atoms with Crippen molar-refractivity contribution >= 4 is 28.3 Å². The first kappa shape index (κ1) is 14.7. The van der Waals surface area contributed by atoms with Gasteiger partial charge in [-0.3, -0.25) is 4.39 Å². The molecular weight excluding hydrogens is 284 g/mol. The van der Waals surface area contributed by atoms with Gasteiger partial charge in [0, 0.05) is 16.1 Å². The van der Waals surface area contributed by atoms with Crippen molar-refractivity contribution in [1.82, 2.24) is 0 Å². The van der Waals surface area contributed by atoms with Crippen molar-refractivity contribution in [2.75, 3.05) is 13.8 Å². The molecule has 0 saturated carbocycles. The van der Waals surface area contributed by atoms with Crippen molar-refractivity contribution in [3.63, 3.8) is 0 Å². The summed E-state index contributed by atoms with van der Waals surface area (Å²) in [4.78, 5) is 0. The maximum absolute atomic E-state index is 12.1. The minimum Gasteiger partial charge on any atom is -0.496 e. The predicted molar refractivity (Wildman–Crippen MR) is 65.5 cm³/mol. The van der Waals surface area contributed by atoms with Gasteiger partial charge in [0.25, 0.3) is 0 Å². The fourth-order valence-corrected chi connectivity index (χ4v) is 1.60. The number of nitrogens with two attached hydrogens (primary N) is 1. The molecule has 0 bridgehead atoms. The maximum Gasteiger partial charge on any atom is 0.124 e. The highest BCUT2D eigenvalue weighted by atomic mass is 79.9. The van der Waals surface area contributed by atoms with Crippen LogP contribution in [0.1, 0.15) is 18.0 Å². The van der Waals surface area contributed by atoms with Gasteiger partial charge in [-0.1, -0.05) is 22.0 Å². The van der Waals surface area contributed by atoms with Crippen molar-refractivity contribution in [2.24, 2.45) is 5.73 Å². The molecule has 1 rings (SSSR count). The molecule has 5 heteroatoms. The maximum atomic E-state index is 12.1. The Hall–Kier alpha value is -0.320. The Bertz CT molecular complexity index is 311. The van der Waals surface area contributed by atoms with Crippen molar-refractivity contribution in [3.05, 3.63) is 28.2 Å². The number of methoxy groups -OCH3 is 1. The molecule has 2 N–H and O–H groups in total. The molecule has 0 heterocycles. The highest BCUT2D eigenvalue weighted by Crippen LogP contribution is 2.28. The monoisotopic (exact) mass is 297 g/mol. The summed E-state index contributed by atoms with van der Waals surface area (Å²) in [6.07, 6.45) is 0.317. The van der Waals surface area contributed by atoms with Crippen LogP contribution in [0, 0.1) is 0 Å². The molecule has 0 aliphatic rings. The molecule has 0 radical (unpaired) electrons. The number of alkyl halides is 1. The van der Waals surface area contributed by atoms with Gasteiger partial charge in [-0.2, -0.15) is 0 Å². The van der Waals surface area contributed by atoms with Crippen LogP contribution in [0.3, 0.4) is 0 Å². The van der Waals surface area contributed by atoms with Crippen LogP contribution in [0.5, 0.6) is 5.75 Å². The number of rotatable bonds is 4. The summed E-state index contributed by atoms with van der Waals surface area (Å²) in [7, 11) is 1.58. The highest BCUT2D eigenvalue weighted by Gasteiger charge is 2.11. The van der Waals surface area contributed by atoms with E-state index in [0.29, 0.717) is 12.2 Å². The molecule has 0 spiro atoms. The molecule has 86 valence electrons. The number of benzene rings is 1. The fourth-order valence-electron chi connectivity index (χ4n) is 1.26. The zero-order valence-electron chi connectivity index (χ0n) is 8.37. The van der Waals surface area contributed by atoms with Gasteiger partial charge >= 0.3 is 0 Å². The van der Waals surface area contributed by atoms with Crippen LogP contribution in [-0.2, 0) is 0 Å². The molecule has 0 aromatic heterocycles. The smallest absolute Gasteiger partial charge is 0.124 e. The van der Waals surface area contributed by atoms with Crippen LogP contribution in [0.4, 0.5) is 4.39 Å². The molecule has 0 amide bonds. The third kappa shape index (κ3) is 3.97. The lowest BCUT2D eigenvalue weighted by atomic mass is 10.0.